The Morgan fingerprint density at radius 2 is 1.84 bits per heavy atom. The minimum absolute atomic E-state index is 0.228. The van der Waals surface area contributed by atoms with Gasteiger partial charge in [-0.05, 0) is 56.2 Å². The summed E-state index contributed by atoms with van der Waals surface area (Å²) in [7, 11) is 0. The summed E-state index contributed by atoms with van der Waals surface area (Å²) in [5, 5.41) is 3.74. The average Bonchev–Trinajstić information content (AvgIpc) is 2.70. The molecule has 1 aromatic carbocycles. The van der Waals surface area contributed by atoms with Gasteiger partial charge in [0.25, 0.3) is 0 Å². The highest BCUT2D eigenvalue weighted by molar-refractivity contribution is 5.39. The number of fused-ring (bicyclic) bond motifs is 1. The molecule has 0 amide bonds. The lowest BCUT2D eigenvalue weighted by Crippen LogP contribution is -2.33. The van der Waals surface area contributed by atoms with Crippen LogP contribution in [-0.4, -0.2) is 19.2 Å². The van der Waals surface area contributed by atoms with Gasteiger partial charge in [-0.2, -0.15) is 0 Å². The number of ether oxygens (including phenoxy) is 1. The van der Waals surface area contributed by atoms with Gasteiger partial charge in [0.1, 0.15) is 0 Å². The van der Waals surface area contributed by atoms with Crippen molar-refractivity contribution in [3.8, 4) is 0 Å². The van der Waals surface area contributed by atoms with Crippen molar-refractivity contribution < 1.29 is 4.74 Å². The molecule has 1 saturated heterocycles. The molecule has 1 N–H and O–H groups in total. The Morgan fingerprint density at radius 1 is 1.11 bits per heavy atom. The van der Waals surface area contributed by atoms with E-state index in [2.05, 4.69) is 38.2 Å². The average molecular weight is 259 g/mol. The van der Waals surface area contributed by atoms with Crippen molar-refractivity contribution in [3.63, 3.8) is 0 Å². The fourth-order valence-electron chi connectivity index (χ4n) is 3.95. The lowest BCUT2D eigenvalue weighted by atomic mass is 9.95. The van der Waals surface area contributed by atoms with E-state index in [9.17, 15) is 0 Å². The molecule has 0 bridgehead atoms. The van der Waals surface area contributed by atoms with E-state index in [4.69, 9.17) is 4.74 Å². The SMILES string of the molecule is Cc1cc(C)c(C2CNC3CCCC3CO2)c(C)c1. The second kappa shape index (κ2) is 5.26. The summed E-state index contributed by atoms with van der Waals surface area (Å²) in [5.74, 6) is 0.732. The Labute approximate surface area is 116 Å². The summed E-state index contributed by atoms with van der Waals surface area (Å²) in [6.07, 6.45) is 4.24. The highest BCUT2D eigenvalue weighted by atomic mass is 16.5. The van der Waals surface area contributed by atoms with Gasteiger partial charge in [-0.3, -0.25) is 0 Å². The molecule has 1 heterocycles. The Balaban J connectivity index is 1.83. The number of nitrogens with one attached hydrogen (secondary N) is 1. The van der Waals surface area contributed by atoms with Crippen molar-refractivity contribution in [2.45, 2.75) is 52.2 Å². The predicted octanol–water partition coefficient (Wildman–Crippen LogP) is 3.44. The molecule has 0 spiro atoms. The van der Waals surface area contributed by atoms with Gasteiger partial charge in [-0.15, -0.1) is 0 Å². The highest BCUT2D eigenvalue weighted by Gasteiger charge is 2.32. The van der Waals surface area contributed by atoms with Crippen LogP contribution in [0.2, 0.25) is 0 Å². The van der Waals surface area contributed by atoms with Crippen LogP contribution >= 0.6 is 0 Å². The van der Waals surface area contributed by atoms with Crippen LogP contribution in [0.25, 0.3) is 0 Å². The highest BCUT2D eigenvalue weighted by Crippen LogP contribution is 2.33. The van der Waals surface area contributed by atoms with Gasteiger partial charge in [0.15, 0.2) is 0 Å². The fraction of sp³-hybridized carbons (Fsp3) is 0.647. The number of hydrogen-bond acceptors (Lipinski definition) is 2. The monoisotopic (exact) mass is 259 g/mol. The summed E-state index contributed by atoms with van der Waals surface area (Å²) in [6, 6.07) is 5.24. The van der Waals surface area contributed by atoms with Crippen molar-refractivity contribution >= 4 is 0 Å². The van der Waals surface area contributed by atoms with E-state index in [0.29, 0.717) is 6.04 Å². The van der Waals surface area contributed by atoms with E-state index in [1.807, 2.05) is 0 Å². The quantitative estimate of drug-likeness (QED) is 0.834. The van der Waals surface area contributed by atoms with Crippen molar-refractivity contribution in [3.05, 3.63) is 34.4 Å². The molecule has 3 atom stereocenters. The molecule has 2 heteroatoms. The van der Waals surface area contributed by atoms with Crippen molar-refractivity contribution in [2.75, 3.05) is 13.2 Å². The molecule has 0 aromatic heterocycles. The first-order chi connectivity index (χ1) is 9.15. The minimum Gasteiger partial charge on any atom is -0.372 e. The third-order valence-electron chi connectivity index (χ3n) is 4.80. The summed E-state index contributed by atoms with van der Waals surface area (Å²) < 4.78 is 6.24. The first-order valence-electron chi connectivity index (χ1n) is 7.58. The zero-order valence-electron chi connectivity index (χ0n) is 12.3. The molecule has 1 saturated carbocycles. The van der Waals surface area contributed by atoms with Crippen molar-refractivity contribution in [2.24, 2.45) is 5.92 Å². The summed E-state index contributed by atoms with van der Waals surface area (Å²) in [6.45, 7) is 8.48. The number of aryl methyl sites for hydroxylation is 3. The molecule has 1 aromatic rings. The first kappa shape index (κ1) is 13.1. The standard InChI is InChI=1S/C17H25NO/c1-11-7-12(2)17(13(3)8-11)16-9-18-15-6-4-5-14(15)10-19-16/h7-8,14-16,18H,4-6,9-10H2,1-3H3. The lowest BCUT2D eigenvalue weighted by Gasteiger charge is -2.21. The van der Waals surface area contributed by atoms with Crippen LogP contribution in [0.5, 0.6) is 0 Å². The normalized spacial score (nSPS) is 31.0. The van der Waals surface area contributed by atoms with Crippen molar-refractivity contribution in [1.82, 2.24) is 5.32 Å². The summed E-state index contributed by atoms with van der Waals surface area (Å²) in [5.41, 5.74) is 5.49. The fourth-order valence-corrected chi connectivity index (χ4v) is 3.95. The second-order valence-corrected chi connectivity index (χ2v) is 6.34. The van der Waals surface area contributed by atoms with Gasteiger partial charge >= 0.3 is 0 Å². The van der Waals surface area contributed by atoms with Gasteiger partial charge < -0.3 is 10.1 Å². The number of rotatable bonds is 1. The minimum atomic E-state index is 0.228. The third-order valence-corrected chi connectivity index (χ3v) is 4.80. The molecule has 2 aliphatic rings. The van der Waals surface area contributed by atoms with Gasteiger partial charge in [-0.25, -0.2) is 0 Å². The van der Waals surface area contributed by atoms with E-state index in [1.165, 1.54) is 41.5 Å². The van der Waals surface area contributed by atoms with Crippen LogP contribution in [0, 0.1) is 26.7 Å². The lowest BCUT2D eigenvalue weighted by molar-refractivity contribution is 0.0466. The Morgan fingerprint density at radius 3 is 2.58 bits per heavy atom. The summed E-state index contributed by atoms with van der Waals surface area (Å²) >= 11 is 0. The second-order valence-electron chi connectivity index (χ2n) is 6.34. The molecule has 3 unspecified atom stereocenters. The van der Waals surface area contributed by atoms with Crippen LogP contribution in [0.4, 0.5) is 0 Å². The molecular formula is C17H25NO. The number of benzene rings is 1. The van der Waals surface area contributed by atoms with Crippen LogP contribution in [0.15, 0.2) is 12.1 Å². The zero-order chi connectivity index (χ0) is 13.4. The number of hydrogen-bond donors (Lipinski definition) is 1. The molecule has 19 heavy (non-hydrogen) atoms. The van der Waals surface area contributed by atoms with Gasteiger partial charge in [0.2, 0.25) is 0 Å². The molecular weight excluding hydrogens is 234 g/mol. The molecule has 3 rings (SSSR count). The molecule has 2 fully saturated rings. The van der Waals surface area contributed by atoms with Crippen LogP contribution in [-0.2, 0) is 4.74 Å². The smallest absolute Gasteiger partial charge is 0.0954 e. The molecule has 2 nitrogen and oxygen atoms in total. The van der Waals surface area contributed by atoms with Crippen LogP contribution < -0.4 is 5.32 Å². The topological polar surface area (TPSA) is 21.3 Å². The van der Waals surface area contributed by atoms with Gasteiger partial charge in [0.05, 0.1) is 12.7 Å². The maximum absolute atomic E-state index is 6.24. The Bertz CT molecular complexity index is 431. The molecule has 104 valence electrons. The molecule has 1 aliphatic heterocycles. The van der Waals surface area contributed by atoms with Crippen molar-refractivity contribution in [1.29, 1.82) is 0 Å². The van der Waals surface area contributed by atoms with E-state index in [-0.39, 0.29) is 6.10 Å². The zero-order valence-corrected chi connectivity index (χ0v) is 12.3. The van der Waals surface area contributed by atoms with E-state index < -0.39 is 0 Å². The molecule has 0 radical (unpaired) electrons. The van der Waals surface area contributed by atoms with Gasteiger partial charge in [0, 0.05) is 12.6 Å². The predicted molar refractivity (Wildman–Crippen MR) is 78.5 cm³/mol. The van der Waals surface area contributed by atoms with E-state index in [1.54, 1.807) is 0 Å². The molecule has 1 aliphatic carbocycles. The maximum Gasteiger partial charge on any atom is 0.0954 e. The van der Waals surface area contributed by atoms with E-state index in [0.717, 1.165) is 19.1 Å². The Hall–Kier alpha value is -0.860. The van der Waals surface area contributed by atoms with E-state index >= 15 is 0 Å². The first-order valence-corrected chi connectivity index (χ1v) is 7.58. The van der Waals surface area contributed by atoms with Gasteiger partial charge in [-0.1, -0.05) is 24.1 Å². The van der Waals surface area contributed by atoms with Crippen LogP contribution in [0.3, 0.4) is 0 Å². The Kier molecular flexibility index (Phi) is 3.64. The summed E-state index contributed by atoms with van der Waals surface area (Å²) in [4.78, 5) is 0. The maximum atomic E-state index is 6.24. The third kappa shape index (κ3) is 2.56. The van der Waals surface area contributed by atoms with Crippen LogP contribution in [0.1, 0.15) is 47.6 Å². The largest absolute Gasteiger partial charge is 0.372 e.